The van der Waals surface area contributed by atoms with E-state index in [-0.39, 0.29) is 18.3 Å². The predicted octanol–water partition coefficient (Wildman–Crippen LogP) is -0.0775. The molecular formula is C10H17N5O2. The first-order valence-corrected chi connectivity index (χ1v) is 5.11. The maximum atomic E-state index is 11.7. The largest absolute Gasteiger partial charge is 0.409 e. The molecule has 0 spiro atoms. The van der Waals surface area contributed by atoms with Gasteiger partial charge in [0.15, 0.2) is 0 Å². The molecule has 0 aliphatic rings. The van der Waals surface area contributed by atoms with Crippen LogP contribution in [0.15, 0.2) is 17.5 Å². The molecule has 1 rings (SSSR count). The summed E-state index contributed by atoms with van der Waals surface area (Å²) >= 11 is 0. The summed E-state index contributed by atoms with van der Waals surface area (Å²) in [6, 6.07) is 0. The number of hydrogen-bond donors (Lipinski definition) is 3. The molecule has 0 unspecified atom stereocenters. The predicted molar refractivity (Wildman–Crippen MR) is 62.7 cm³/mol. The van der Waals surface area contributed by atoms with Crippen molar-refractivity contribution in [2.45, 2.75) is 13.8 Å². The van der Waals surface area contributed by atoms with Gasteiger partial charge in [-0.15, -0.1) is 0 Å². The van der Waals surface area contributed by atoms with Crippen molar-refractivity contribution in [2.75, 3.05) is 6.54 Å². The fourth-order valence-electron chi connectivity index (χ4n) is 1.17. The third kappa shape index (κ3) is 3.20. The molecule has 94 valence electrons. The van der Waals surface area contributed by atoms with Gasteiger partial charge in [-0.25, -0.2) is 0 Å². The maximum absolute atomic E-state index is 11.7. The highest BCUT2D eigenvalue weighted by Crippen LogP contribution is 2.13. The Kier molecular flexibility index (Phi) is 3.72. The van der Waals surface area contributed by atoms with Crippen LogP contribution in [0.1, 0.15) is 24.2 Å². The second-order valence-corrected chi connectivity index (χ2v) is 4.45. The van der Waals surface area contributed by atoms with Gasteiger partial charge in [-0.05, 0) is 0 Å². The van der Waals surface area contributed by atoms with Crippen LogP contribution in [-0.2, 0) is 7.05 Å². The Balaban J connectivity index is 2.60. The molecule has 0 radical (unpaired) electrons. The van der Waals surface area contributed by atoms with Gasteiger partial charge in [0.1, 0.15) is 5.84 Å². The zero-order valence-corrected chi connectivity index (χ0v) is 10.1. The number of carbonyl (C=O) groups excluding carboxylic acids is 1. The van der Waals surface area contributed by atoms with Crippen molar-refractivity contribution in [3.8, 4) is 0 Å². The average Bonchev–Trinajstić information content (AvgIpc) is 2.71. The Morgan fingerprint density at radius 1 is 1.71 bits per heavy atom. The Hall–Kier alpha value is -2.05. The van der Waals surface area contributed by atoms with Crippen LogP contribution >= 0.6 is 0 Å². The lowest BCUT2D eigenvalue weighted by Crippen LogP contribution is -2.42. The summed E-state index contributed by atoms with van der Waals surface area (Å²) in [7, 11) is 1.73. The molecule has 0 bridgehead atoms. The summed E-state index contributed by atoms with van der Waals surface area (Å²) in [5.74, 6) is -0.166. The number of amides is 1. The van der Waals surface area contributed by atoms with Gasteiger partial charge in [0.2, 0.25) is 0 Å². The molecule has 0 aromatic carbocycles. The van der Waals surface area contributed by atoms with Crippen LogP contribution in [0.5, 0.6) is 0 Å². The average molecular weight is 239 g/mol. The van der Waals surface area contributed by atoms with Gasteiger partial charge in [0.25, 0.3) is 5.91 Å². The lowest BCUT2D eigenvalue weighted by Gasteiger charge is -2.22. The number of nitrogens with two attached hydrogens (primary N) is 1. The fourth-order valence-corrected chi connectivity index (χ4v) is 1.17. The Morgan fingerprint density at radius 3 is 2.82 bits per heavy atom. The summed E-state index contributed by atoms with van der Waals surface area (Å²) in [4.78, 5) is 11.7. The molecule has 0 saturated heterocycles. The topological polar surface area (TPSA) is 106 Å². The third-order valence-electron chi connectivity index (χ3n) is 2.46. The van der Waals surface area contributed by atoms with Gasteiger partial charge in [0, 0.05) is 25.2 Å². The van der Waals surface area contributed by atoms with E-state index >= 15 is 0 Å². The minimum atomic E-state index is -0.605. The van der Waals surface area contributed by atoms with Crippen molar-refractivity contribution in [1.29, 1.82) is 0 Å². The highest BCUT2D eigenvalue weighted by molar-refractivity contribution is 5.94. The molecule has 1 heterocycles. The molecule has 1 amide bonds. The van der Waals surface area contributed by atoms with E-state index in [1.807, 2.05) is 0 Å². The van der Waals surface area contributed by atoms with E-state index in [0.29, 0.717) is 5.56 Å². The van der Waals surface area contributed by atoms with Crippen LogP contribution in [0.3, 0.4) is 0 Å². The number of rotatable bonds is 4. The summed E-state index contributed by atoms with van der Waals surface area (Å²) < 4.78 is 1.55. The number of nitrogens with zero attached hydrogens (tertiary/aromatic N) is 3. The summed E-state index contributed by atoms with van der Waals surface area (Å²) in [5, 5.41) is 18.1. The van der Waals surface area contributed by atoms with Gasteiger partial charge in [0.05, 0.1) is 11.8 Å². The smallest absolute Gasteiger partial charge is 0.254 e. The van der Waals surface area contributed by atoms with Crippen LogP contribution in [0.4, 0.5) is 0 Å². The zero-order chi connectivity index (χ0) is 13.1. The van der Waals surface area contributed by atoms with E-state index in [1.165, 1.54) is 6.20 Å². The van der Waals surface area contributed by atoms with Gasteiger partial charge in [-0.2, -0.15) is 5.10 Å². The first-order chi connectivity index (χ1) is 7.86. The summed E-state index contributed by atoms with van der Waals surface area (Å²) in [5.41, 5.74) is 5.38. The number of nitrogens with one attached hydrogen (secondary N) is 1. The molecular weight excluding hydrogens is 222 g/mol. The van der Waals surface area contributed by atoms with Crippen LogP contribution in [-0.4, -0.2) is 33.3 Å². The van der Waals surface area contributed by atoms with E-state index in [4.69, 9.17) is 10.9 Å². The maximum Gasteiger partial charge on any atom is 0.254 e. The number of oxime groups is 1. The van der Waals surface area contributed by atoms with E-state index in [2.05, 4.69) is 15.6 Å². The number of hydrogen-bond acceptors (Lipinski definition) is 4. The van der Waals surface area contributed by atoms with Gasteiger partial charge >= 0.3 is 0 Å². The molecule has 1 aromatic heterocycles. The minimum Gasteiger partial charge on any atom is -0.409 e. The van der Waals surface area contributed by atoms with Crippen LogP contribution < -0.4 is 11.1 Å². The van der Waals surface area contributed by atoms with Crippen LogP contribution in [0, 0.1) is 5.41 Å². The van der Waals surface area contributed by atoms with Crippen LogP contribution in [0.25, 0.3) is 0 Å². The molecule has 4 N–H and O–H groups in total. The molecule has 0 aliphatic carbocycles. The van der Waals surface area contributed by atoms with E-state index in [9.17, 15) is 4.79 Å². The lowest BCUT2D eigenvalue weighted by molar-refractivity contribution is 0.0944. The highest BCUT2D eigenvalue weighted by Gasteiger charge is 2.24. The standard InChI is InChI=1S/C10H17N5O2/c1-10(2,9(11)14-17)6-12-8(16)7-4-13-15(3)5-7/h4-5,17H,6H2,1-3H3,(H2,11,14)(H,12,16). The zero-order valence-electron chi connectivity index (χ0n) is 10.1. The normalized spacial score (nSPS) is 12.5. The molecule has 0 saturated carbocycles. The second kappa shape index (κ2) is 4.86. The number of aryl methyl sites for hydroxylation is 1. The molecule has 0 fully saturated rings. The highest BCUT2D eigenvalue weighted by atomic mass is 16.4. The second-order valence-electron chi connectivity index (χ2n) is 4.45. The molecule has 7 heteroatoms. The van der Waals surface area contributed by atoms with Crippen molar-refractivity contribution in [3.63, 3.8) is 0 Å². The lowest BCUT2D eigenvalue weighted by atomic mass is 9.92. The summed E-state index contributed by atoms with van der Waals surface area (Å²) in [6.45, 7) is 3.81. The molecule has 17 heavy (non-hydrogen) atoms. The van der Waals surface area contributed by atoms with Gasteiger partial charge in [-0.3, -0.25) is 9.48 Å². The molecule has 1 aromatic rings. The fraction of sp³-hybridized carbons (Fsp3) is 0.500. The van der Waals surface area contributed by atoms with Crippen LogP contribution in [0.2, 0.25) is 0 Å². The SMILES string of the molecule is Cn1cc(C(=O)NCC(C)(C)/C(N)=N/O)cn1. The van der Waals surface area contributed by atoms with Gasteiger partial charge in [-0.1, -0.05) is 19.0 Å². The van der Waals surface area contributed by atoms with E-state index < -0.39 is 5.41 Å². The van der Waals surface area contributed by atoms with Crippen molar-refractivity contribution in [2.24, 2.45) is 23.4 Å². The minimum absolute atomic E-state index is 0.0731. The number of aromatic nitrogens is 2. The van der Waals surface area contributed by atoms with Crippen molar-refractivity contribution in [1.82, 2.24) is 15.1 Å². The quantitative estimate of drug-likeness (QED) is 0.296. The number of amidine groups is 1. The number of carbonyl (C=O) groups is 1. The van der Waals surface area contributed by atoms with Crippen molar-refractivity contribution >= 4 is 11.7 Å². The third-order valence-corrected chi connectivity index (χ3v) is 2.46. The van der Waals surface area contributed by atoms with Gasteiger partial charge < -0.3 is 16.3 Å². The Labute approximate surface area is 99.3 Å². The molecule has 0 atom stereocenters. The first kappa shape index (κ1) is 13.0. The monoisotopic (exact) mass is 239 g/mol. The van der Waals surface area contributed by atoms with Crippen molar-refractivity contribution in [3.05, 3.63) is 18.0 Å². The first-order valence-electron chi connectivity index (χ1n) is 5.11. The van der Waals surface area contributed by atoms with Crippen molar-refractivity contribution < 1.29 is 10.0 Å². The Morgan fingerprint density at radius 2 is 2.35 bits per heavy atom. The van der Waals surface area contributed by atoms with E-state index in [0.717, 1.165) is 0 Å². The Bertz CT molecular complexity index is 436. The van der Waals surface area contributed by atoms with E-state index in [1.54, 1.807) is 31.8 Å². The molecule has 0 aliphatic heterocycles. The summed E-state index contributed by atoms with van der Waals surface area (Å²) in [6.07, 6.45) is 3.09. The molecule has 7 nitrogen and oxygen atoms in total.